The summed E-state index contributed by atoms with van der Waals surface area (Å²) < 4.78 is 16.8. The maximum absolute atomic E-state index is 12.9. The fourth-order valence-corrected chi connectivity index (χ4v) is 7.73. The molecular formula is C71H110O6. The van der Waals surface area contributed by atoms with Crippen molar-refractivity contribution < 1.29 is 28.6 Å². The Labute approximate surface area is 472 Å². The maximum Gasteiger partial charge on any atom is 0.306 e. The summed E-state index contributed by atoms with van der Waals surface area (Å²) >= 11 is 0. The number of carbonyl (C=O) groups is 3. The van der Waals surface area contributed by atoms with Crippen molar-refractivity contribution in [3.8, 4) is 0 Å². The van der Waals surface area contributed by atoms with Gasteiger partial charge >= 0.3 is 17.9 Å². The average molecular weight is 1060 g/mol. The zero-order valence-corrected chi connectivity index (χ0v) is 49.1. The lowest BCUT2D eigenvalue weighted by molar-refractivity contribution is -0.167. The SMILES string of the molecule is CC/C=C\C/C=C\C/C=C\C/C=C\C/C=C\CCCCCCCCCC(=O)OCC(COC(=O)CCC/C=C\C/C=C\C/C=C\C/C=C\C/C=C\CC)OC(=O)CCCCCCCC/C=C\C/C=C\C/C=C\C/C=C\CC. The molecule has 430 valence electrons. The van der Waals surface area contributed by atoms with Crippen molar-refractivity contribution in [2.24, 2.45) is 0 Å². The summed E-state index contributed by atoms with van der Waals surface area (Å²) in [7, 11) is 0. The van der Waals surface area contributed by atoms with Crippen LogP contribution < -0.4 is 0 Å². The van der Waals surface area contributed by atoms with E-state index in [2.05, 4.69) is 191 Å². The highest BCUT2D eigenvalue weighted by Crippen LogP contribution is 2.14. The van der Waals surface area contributed by atoms with Crippen LogP contribution >= 0.6 is 0 Å². The lowest BCUT2D eigenvalue weighted by Gasteiger charge is -2.18. The summed E-state index contributed by atoms with van der Waals surface area (Å²) in [6, 6.07) is 0. The van der Waals surface area contributed by atoms with E-state index in [1.807, 2.05) is 0 Å². The number of ether oxygens (including phenoxy) is 3. The van der Waals surface area contributed by atoms with Gasteiger partial charge in [0.2, 0.25) is 0 Å². The van der Waals surface area contributed by atoms with E-state index in [0.29, 0.717) is 12.8 Å². The number of esters is 3. The van der Waals surface area contributed by atoms with Gasteiger partial charge in [0.15, 0.2) is 6.10 Å². The molecule has 0 bridgehead atoms. The Hall–Kier alpha value is -5.23. The van der Waals surface area contributed by atoms with E-state index < -0.39 is 6.10 Å². The number of carbonyl (C=O) groups excluding carboxylic acids is 3. The van der Waals surface area contributed by atoms with Crippen LogP contribution in [0.5, 0.6) is 0 Å². The van der Waals surface area contributed by atoms with Gasteiger partial charge in [-0.15, -0.1) is 0 Å². The first-order chi connectivity index (χ1) is 38.0. The summed E-state index contributed by atoms with van der Waals surface area (Å²) in [6.45, 7) is 6.22. The first-order valence-corrected chi connectivity index (χ1v) is 30.6. The summed E-state index contributed by atoms with van der Waals surface area (Å²) in [5, 5.41) is 0. The molecule has 77 heavy (non-hydrogen) atoms. The third-order valence-electron chi connectivity index (χ3n) is 12.2. The summed E-state index contributed by atoms with van der Waals surface area (Å²) in [6.07, 6.45) is 93.5. The molecule has 0 saturated carbocycles. The lowest BCUT2D eigenvalue weighted by Crippen LogP contribution is -2.30. The van der Waals surface area contributed by atoms with Gasteiger partial charge < -0.3 is 14.2 Å². The number of rotatable bonds is 53. The van der Waals surface area contributed by atoms with Crippen LogP contribution in [0.15, 0.2) is 170 Å². The molecule has 0 aromatic heterocycles. The molecule has 0 aliphatic rings. The molecule has 0 saturated heterocycles. The van der Waals surface area contributed by atoms with E-state index in [4.69, 9.17) is 14.2 Å². The van der Waals surface area contributed by atoms with Gasteiger partial charge in [-0.05, 0) is 141 Å². The predicted molar refractivity (Wildman–Crippen MR) is 334 cm³/mol. The van der Waals surface area contributed by atoms with Crippen LogP contribution in [-0.4, -0.2) is 37.2 Å². The molecule has 0 N–H and O–H groups in total. The van der Waals surface area contributed by atoms with Crippen LogP contribution in [-0.2, 0) is 28.6 Å². The highest BCUT2D eigenvalue weighted by molar-refractivity contribution is 5.71. The van der Waals surface area contributed by atoms with Gasteiger partial charge in [-0.25, -0.2) is 0 Å². The van der Waals surface area contributed by atoms with Crippen LogP contribution in [0.4, 0.5) is 0 Å². The van der Waals surface area contributed by atoms with E-state index in [9.17, 15) is 14.4 Å². The Bertz CT molecular complexity index is 1790. The van der Waals surface area contributed by atoms with Gasteiger partial charge in [-0.1, -0.05) is 249 Å². The van der Waals surface area contributed by atoms with Crippen molar-refractivity contribution >= 4 is 17.9 Å². The van der Waals surface area contributed by atoms with E-state index in [1.54, 1.807) is 0 Å². The van der Waals surface area contributed by atoms with E-state index in [1.165, 1.54) is 38.5 Å². The number of hydrogen-bond donors (Lipinski definition) is 0. The molecule has 0 aromatic rings. The molecule has 6 nitrogen and oxygen atoms in total. The molecule has 0 aromatic carbocycles. The van der Waals surface area contributed by atoms with Gasteiger partial charge in [0, 0.05) is 19.3 Å². The van der Waals surface area contributed by atoms with Crippen molar-refractivity contribution in [2.45, 2.75) is 245 Å². The standard InChI is InChI=1S/C71H110O6/c1-4-7-10-13-16-19-22-25-28-31-33-34-35-36-38-40-43-46-49-52-55-58-61-64-70(73)76-67-68(66-75-69(72)63-60-57-54-51-48-45-42-39-30-27-24-21-18-15-12-9-6-3)77-71(74)65-62-59-56-53-50-47-44-41-37-32-29-26-23-20-17-14-11-8-5-2/h7-12,16-21,25-30,33-34,36-38,41-42,45,51,54,68H,4-6,13-15,22-24,31-32,35,39-40,43-44,46-50,52-53,55-67H2,1-3H3/b10-7-,11-8-,12-9-,19-16-,20-17-,21-18-,28-25-,29-26-,30-27-,34-33-,38-36-,41-37-,45-42-,54-51-. The van der Waals surface area contributed by atoms with Crippen LogP contribution in [0, 0.1) is 0 Å². The molecule has 0 aliphatic heterocycles. The van der Waals surface area contributed by atoms with Crippen LogP contribution in [0.2, 0.25) is 0 Å². The average Bonchev–Trinajstić information content (AvgIpc) is 3.43. The first kappa shape index (κ1) is 71.8. The quantitative estimate of drug-likeness (QED) is 0.0261. The molecule has 0 fully saturated rings. The highest BCUT2D eigenvalue weighted by atomic mass is 16.6. The zero-order chi connectivity index (χ0) is 55.7. The van der Waals surface area contributed by atoms with Crippen LogP contribution in [0.25, 0.3) is 0 Å². The zero-order valence-electron chi connectivity index (χ0n) is 49.1. The van der Waals surface area contributed by atoms with Crippen molar-refractivity contribution in [2.75, 3.05) is 13.2 Å². The van der Waals surface area contributed by atoms with Crippen molar-refractivity contribution in [3.05, 3.63) is 170 Å². The van der Waals surface area contributed by atoms with Crippen molar-refractivity contribution in [1.82, 2.24) is 0 Å². The first-order valence-electron chi connectivity index (χ1n) is 30.6. The Morgan fingerprint density at radius 1 is 0.260 bits per heavy atom. The maximum atomic E-state index is 12.9. The monoisotopic (exact) mass is 1060 g/mol. The minimum atomic E-state index is -0.825. The molecule has 1 atom stereocenters. The molecule has 0 amide bonds. The lowest BCUT2D eigenvalue weighted by atomic mass is 10.1. The second-order valence-corrected chi connectivity index (χ2v) is 19.5. The smallest absolute Gasteiger partial charge is 0.306 e. The van der Waals surface area contributed by atoms with Crippen LogP contribution in [0.3, 0.4) is 0 Å². The third-order valence-corrected chi connectivity index (χ3v) is 12.2. The van der Waals surface area contributed by atoms with Crippen LogP contribution in [0.1, 0.15) is 239 Å². The number of allylic oxidation sites excluding steroid dienone is 28. The van der Waals surface area contributed by atoms with Crippen molar-refractivity contribution in [1.29, 1.82) is 0 Å². The highest BCUT2D eigenvalue weighted by Gasteiger charge is 2.19. The van der Waals surface area contributed by atoms with Crippen molar-refractivity contribution in [3.63, 3.8) is 0 Å². The molecule has 0 heterocycles. The number of hydrogen-bond acceptors (Lipinski definition) is 6. The van der Waals surface area contributed by atoms with E-state index in [-0.39, 0.29) is 44.0 Å². The molecule has 0 spiro atoms. The largest absolute Gasteiger partial charge is 0.462 e. The molecule has 0 rings (SSSR count). The number of unbranched alkanes of at least 4 members (excludes halogenated alkanes) is 14. The Balaban J connectivity index is 4.54. The normalized spacial score (nSPS) is 13.3. The minimum Gasteiger partial charge on any atom is -0.462 e. The minimum absolute atomic E-state index is 0.116. The Kier molecular flexibility index (Phi) is 59.0. The summed E-state index contributed by atoms with van der Waals surface area (Å²) in [5.74, 6) is -1.01. The van der Waals surface area contributed by atoms with Gasteiger partial charge in [0.25, 0.3) is 0 Å². The van der Waals surface area contributed by atoms with E-state index in [0.717, 1.165) is 154 Å². The Morgan fingerprint density at radius 2 is 0.481 bits per heavy atom. The molecule has 0 aliphatic carbocycles. The molecule has 1 unspecified atom stereocenters. The Morgan fingerprint density at radius 3 is 0.779 bits per heavy atom. The van der Waals surface area contributed by atoms with Gasteiger partial charge in [0.05, 0.1) is 0 Å². The van der Waals surface area contributed by atoms with E-state index >= 15 is 0 Å². The fraction of sp³-hybridized carbons (Fsp3) is 0.563. The molecule has 0 radical (unpaired) electrons. The van der Waals surface area contributed by atoms with Gasteiger partial charge in [-0.2, -0.15) is 0 Å². The topological polar surface area (TPSA) is 78.9 Å². The fourth-order valence-electron chi connectivity index (χ4n) is 7.73. The predicted octanol–water partition coefficient (Wildman–Crippen LogP) is 21.1. The van der Waals surface area contributed by atoms with Gasteiger partial charge in [0.1, 0.15) is 13.2 Å². The summed E-state index contributed by atoms with van der Waals surface area (Å²) in [4.78, 5) is 38.3. The second-order valence-electron chi connectivity index (χ2n) is 19.5. The second kappa shape index (κ2) is 63.3. The third kappa shape index (κ3) is 61.5. The summed E-state index contributed by atoms with van der Waals surface area (Å²) in [5.41, 5.74) is 0. The molecule has 6 heteroatoms. The van der Waals surface area contributed by atoms with Gasteiger partial charge in [-0.3, -0.25) is 14.4 Å². The molecular weight excluding hydrogens is 949 g/mol.